The van der Waals surface area contributed by atoms with Gasteiger partial charge < -0.3 is 19.9 Å². The van der Waals surface area contributed by atoms with Crippen LogP contribution in [0.2, 0.25) is 0 Å². The van der Waals surface area contributed by atoms with Crippen molar-refractivity contribution in [2.45, 2.75) is 13.0 Å². The molecule has 0 bridgehead atoms. The first-order valence-electron chi connectivity index (χ1n) is 10.5. The van der Waals surface area contributed by atoms with Crippen molar-refractivity contribution in [3.8, 4) is 11.1 Å². The van der Waals surface area contributed by atoms with Crippen LogP contribution < -0.4 is 15.8 Å². The first-order chi connectivity index (χ1) is 15.2. The van der Waals surface area contributed by atoms with Crippen LogP contribution in [-0.4, -0.2) is 36.3 Å². The van der Waals surface area contributed by atoms with E-state index in [-0.39, 0.29) is 11.6 Å². The first-order valence-corrected chi connectivity index (χ1v) is 11.3. The predicted molar refractivity (Wildman–Crippen MR) is 127 cm³/mol. The lowest BCUT2D eigenvalue weighted by Crippen LogP contribution is -2.36. The van der Waals surface area contributed by atoms with Crippen molar-refractivity contribution in [1.29, 1.82) is 0 Å². The van der Waals surface area contributed by atoms with E-state index in [1.54, 1.807) is 0 Å². The minimum absolute atomic E-state index is 0.101. The van der Waals surface area contributed by atoms with Gasteiger partial charge in [0.2, 0.25) is 0 Å². The number of hydrogen-bond donors (Lipinski definition) is 2. The number of nitrogens with one attached hydrogen (secondary N) is 2. The Hall–Kier alpha value is -3.16. The number of ether oxygens (including phenoxy) is 1. The Bertz CT molecular complexity index is 1230. The molecule has 1 saturated heterocycles. The summed E-state index contributed by atoms with van der Waals surface area (Å²) in [4.78, 5) is 23.7. The van der Waals surface area contributed by atoms with Crippen LogP contribution in [0.1, 0.15) is 18.8 Å². The second kappa shape index (κ2) is 8.53. The van der Waals surface area contributed by atoms with E-state index in [4.69, 9.17) is 9.72 Å². The van der Waals surface area contributed by atoms with Crippen LogP contribution in [0.4, 0.5) is 11.4 Å². The topological polar surface area (TPSA) is 70.2 Å². The normalized spacial score (nSPS) is 15.2. The number of H-pyrrole nitrogens is 1. The molecule has 0 saturated carbocycles. The zero-order valence-electron chi connectivity index (χ0n) is 17.3. The number of thiophene rings is 1. The van der Waals surface area contributed by atoms with E-state index >= 15 is 0 Å². The molecule has 158 valence electrons. The maximum absolute atomic E-state index is 12.9. The number of morpholine rings is 1. The van der Waals surface area contributed by atoms with E-state index in [0.29, 0.717) is 11.2 Å². The molecule has 2 aromatic heterocycles. The van der Waals surface area contributed by atoms with Gasteiger partial charge >= 0.3 is 0 Å². The number of fused-ring (bicyclic) bond motifs is 1. The van der Waals surface area contributed by atoms with Crippen LogP contribution in [0, 0.1) is 0 Å². The molecule has 0 spiro atoms. The monoisotopic (exact) mass is 432 g/mol. The van der Waals surface area contributed by atoms with Crippen LogP contribution in [0.15, 0.2) is 64.8 Å². The minimum Gasteiger partial charge on any atom is -0.378 e. The first kappa shape index (κ1) is 19.8. The smallest absolute Gasteiger partial charge is 0.260 e. The second-order valence-electron chi connectivity index (χ2n) is 7.66. The molecule has 1 aliphatic rings. The summed E-state index contributed by atoms with van der Waals surface area (Å²) in [6.07, 6.45) is 0. The van der Waals surface area contributed by atoms with Crippen LogP contribution in [0.3, 0.4) is 0 Å². The minimum atomic E-state index is -0.131. The fourth-order valence-corrected chi connectivity index (χ4v) is 4.86. The number of benzene rings is 2. The van der Waals surface area contributed by atoms with E-state index < -0.39 is 0 Å². The molecule has 2 aromatic carbocycles. The summed E-state index contributed by atoms with van der Waals surface area (Å²) >= 11 is 1.50. The van der Waals surface area contributed by atoms with Gasteiger partial charge in [-0.05, 0) is 36.8 Å². The van der Waals surface area contributed by atoms with Gasteiger partial charge in [0.05, 0.1) is 24.6 Å². The highest BCUT2D eigenvalue weighted by Crippen LogP contribution is 2.31. The maximum atomic E-state index is 12.9. The summed E-state index contributed by atoms with van der Waals surface area (Å²) in [7, 11) is 0. The number of aromatic nitrogens is 2. The Labute approximate surface area is 184 Å². The van der Waals surface area contributed by atoms with Gasteiger partial charge in [0.15, 0.2) is 0 Å². The van der Waals surface area contributed by atoms with Gasteiger partial charge in [0, 0.05) is 35.4 Å². The van der Waals surface area contributed by atoms with E-state index in [9.17, 15) is 4.79 Å². The Balaban J connectivity index is 1.36. The fourth-order valence-electron chi connectivity index (χ4n) is 3.91. The molecule has 3 heterocycles. The van der Waals surface area contributed by atoms with Crippen LogP contribution in [0.5, 0.6) is 0 Å². The molecule has 0 unspecified atom stereocenters. The standard InChI is InChI=1S/C24H24N4O2S/c1-16(25-18-7-9-19(10-8-18)28-11-13-30-14-12-28)22-26-23(29)21-20(15-31-24(21)27-22)17-5-3-2-4-6-17/h2-10,15-16,25H,11-14H2,1H3,(H,26,27,29)/t16-/m1/s1. The Morgan fingerprint density at radius 1 is 1.10 bits per heavy atom. The average Bonchev–Trinajstić information content (AvgIpc) is 3.25. The molecule has 1 fully saturated rings. The molecule has 0 radical (unpaired) electrons. The summed E-state index contributed by atoms with van der Waals surface area (Å²) < 4.78 is 5.42. The van der Waals surface area contributed by atoms with Crippen molar-refractivity contribution in [2.24, 2.45) is 0 Å². The molecule has 2 N–H and O–H groups in total. The molecule has 1 atom stereocenters. The van der Waals surface area contributed by atoms with E-state index in [0.717, 1.165) is 47.9 Å². The lowest BCUT2D eigenvalue weighted by Gasteiger charge is -2.29. The maximum Gasteiger partial charge on any atom is 0.260 e. The van der Waals surface area contributed by atoms with Crippen molar-refractivity contribution in [1.82, 2.24) is 9.97 Å². The number of aromatic amines is 1. The van der Waals surface area contributed by atoms with Crippen LogP contribution in [0.25, 0.3) is 21.3 Å². The van der Waals surface area contributed by atoms with E-state index in [1.165, 1.54) is 17.0 Å². The highest BCUT2D eigenvalue weighted by atomic mass is 32.1. The molecular formula is C24H24N4O2S. The van der Waals surface area contributed by atoms with Gasteiger partial charge in [-0.3, -0.25) is 4.79 Å². The third-order valence-electron chi connectivity index (χ3n) is 5.58. The lowest BCUT2D eigenvalue weighted by atomic mass is 10.1. The second-order valence-corrected chi connectivity index (χ2v) is 8.52. The van der Waals surface area contributed by atoms with Gasteiger partial charge in [-0.2, -0.15) is 0 Å². The summed E-state index contributed by atoms with van der Waals surface area (Å²) in [5, 5.41) is 6.11. The van der Waals surface area contributed by atoms with Crippen molar-refractivity contribution in [3.63, 3.8) is 0 Å². The summed E-state index contributed by atoms with van der Waals surface area (Å²) in [5.74, 6) is 0.635. The van der Waals surface area contributed by atoms with Gasteiger partial charge in [-0.25, -0.2) is 4.98 Å². The lowest BCUT2D eigenvalue weighted by molar-refractivity contribution is 0.122. The largest absolute Gasteiger partial charge is 0.378 e. The van der Waals surface area contributed by atoms with E-state index in [2.05, 4.69) is 39.5 Å². The highest BCUT2D eigenvalue weighted by molar-refractivity contribution is 7.17. The van der Waals surface area contributed by atoms with Crippen LogP contribution >= 0.6 is 11.3 Å². The quantitative estimate of drug-likeness (QED) is 0.480. The Morgan fingerprint density at radius 3 is 2.58 bits per heavy atom. The zero-order valence-corrected chi connectivity index (χ0v) is 18.1. The summed E-state index contributed by atoms with van der Waals surface area (Å²) in [6.45, 7) is 5.38. The fraction of sp³-hybridized carbons (Fsp3) is 0.250. The zero-order chi connectivity index (χ0) is 21.2. The Kier molecular flexibility index (Phi) is 5.44. The molecule has 5 rings (SSSR count). The number of rotatable bonds is 5. The predicted octanol–water partition coefficient (Wildman–Crippen LogP) is 4.66. The van der Waals surface area contributed by atoms with Crippen molar-refractivity contribution < 1.29 is 4.74 Å². The van der Waals surface area contributed by atoms with Crippen LogP contribution in [-0.2, 0) is 4.74 Å². The summed E-state index contributed by atoms with van der Waals surface area (Å²) in [5.41, 5.74) is 4.04. The highest BCUT2D eigenvalue weighted by Gasteiger charge is 2.16. The Morgan fingerprint density at radius 2 is 1.84 bits per heavy atom. The molecular weight excluding hydrogens is 408 g/mol. The average molecular weight is 433 g/mol. The summed E-state index contributed by atoms with van der Waals surface area (Å²) in [6, 6.07) is 18.2. The molecule has 1 aliphatic heterocycles. The van der Waals surface area contributed by atoms with Crippen molar-refractivity contribution in [2.75, 3.05) is 36.5 Å². The third kappa shape index (κ3) is 4.06. The molecule has 31 heavy (non-hydrogen) atoms. The molecule has 0 amide bonds. The SMILES string of the molecule is C[C@@H](Nc1ccc(N2CCOCC2)cc1)c1nc2scc(-c3ccccc3)c2c(=O)[nH]1. The molecule has 6 nitrogen and oxygen atoms in total. The van der Waals surface area contributed by atoms with Gasteiger partial charge in [0.25, 0.3) is 5.56 Å². The van der Waals surface area contributed by atoms with Gasteiger partial charge in [0.1, 0.15) is 10.7 Å². The molecule has 0 aliphatic carbocycles. The van der Waals surface area contributed by atoms with Gasteiger partial charge in [-0.1, -0.05) is 30.3 Å². The molecule has 7 heteroatoms. The number of nitrogens with zero attached hydrogens (tertiary/aromatic N) is 2. The van der Waals surface area contributed by atoms with E-state index in [1.807, 2.05) is 42.6 Å². The molecule has 4 aromatic rings. The third-order valence-corrected chi connectivity index (χ3v) is 6.46. The number of hydrogen-bond acceptors (Lipinski definition) is 6. The van der Waals surface area contributed by atoms with Crippen molar-refractivity contribution in [3.05, 3.63) is 76.2 Å². The van der Waals surface area contributed by atoms with Gasteiger partial charge in [-0.15, -0.1) is 11.3 Å². The number of anilines is 2. The van der Waals surface area contributed by atoms with Crippen molar-refractivity contribution >= 4 is 32.9 Å².